The molecule has 1 aromatic carbocycles. The molecule has 2 N–H and O–H groups in total. The zero-order chi connectivity index (χ0) is 12.6. The number of rotatable bonds is 2. The van der Waals surface area contributed by atoms with Crippen molar-refractivity contribution in [3.8, 4) is 0 Å². The van der Waals surface area contributed by atoms with Gasteiger partial charge in [0.25, 0.3) is 5.56 Å². The van der Waals surface area contributed by atoms with Gasteiger partial charge in [0, 0.05) is 12.1 Å². The van der Waals surface area contributed by atoms with E-state index in [-0.39, 0.29) is 5.56 Å². The molecular weight excluding hydrogens is 238 g/mol. The maximum absolute atomic E-state index is 11.9. The third-order valence-corrected chi connectivity index (χ3v) is 3.16. The largest absolute Gasteiger partial charge is 0.393 e. The van der Waals surface area contributed by atoms with E-state index in [2.05, 4.69) is 0 Å². The molecule has 0 aliphatic heterocycles. The number of halogens is 1. The lowest BCUT2D eigenvalue weighted by molar-refractivity contribution is 0.526. The second-order valence-electron chi connectivity index (χ2n) is 4.02. The molecule has 17 heavy (non-hydrogen) atoms. The molecule has 2 rings (SSSR count). The Labute approximate surface area is 104 Å². The van der Waals surface area contributed by atoms with Crippen LogP contribution in [0.4, 0.5) is 5.69 Å². The molecule has 4 nitrogen and oxygen atoms in total. The second-order valence-corrected chi connectivity index (χ2v) is 4.45. The van der Waals surface area contributed by atoms with Gasteiger partial charge in [-0.3, -0.25) is 9.48 Å². The van der Waals surface area contributed by atoms with Crippen LogP contribution in [0.15, 0.2) is 29.1 Å². The Balaban J connectivity index is 2.44. The summed E-state index contributed by atoms with van der Waals surface area (Å²) >= 11 is 5.91. The van der Waals surface area contributed by atoms with E-state index in [4.69, 9.17) is 17.3 Å². The first-order chi connectivity index (χ1) is 8.00. The Morgan fingerprint density at radius 2 is 2.12 bits per heavy atom. The van der Waals surface area contributed by atoms with Gasteiger partial charge in [-0.05, 0) is 24.6 Å². The van der Waals surface area contributed by atoms with E-state index in [1.807, 2.05) is 32.2 Å². The monoisotopic (exact) mass is 251 g/mol. The van der Waals surface area contributed by atoms with Crippen LogP contribution in [0.1, 0.15) is 11.3 Å². The molecule has 0 saturated heterocycles. The van der Waals surface area contributed by atoms with E-state index in [0.717, 1.165) is 11.3 Å². The normalized spacial score (nSPS) is 10.8. The molecule has 0 aliphatic carbocycles. The Kier molecular flexibility index (Phi) is 2.98. The molecule has 0 saturated carbocycles. The highest BCUT2D eigenvalue weighted by Gasteiger charge is 2.11. The van der Waals surface area contributed by atoms with Gasteiger partial charge in [0.1, 0.15) is 5.69 Å². The maximum Gasteiger partial charge on any atom is 0.290 e. The van der Waals surface area contributed by atoms with Crippen molar-refractivity contribution in [3.05, 3.63) is 50.9 Å². The summed E-state index contributed by atoms with van der Waals surface area (Å²) < 4.78 is 3.36. The Bertz CT molecular complexity index is 613. The lowest BCUT2D eigenvalue weighted by Gasteiger charge is -2.08. The Hall–Kier alpha value is -1.68. The predicted octanol–water partition coefficient (Wildman–Crippen LogP) is 1.78. The quantitative estimate of drug-likeness (QED) is 0.885. The number of hydrogen-bond donors (Lipinski definition) is 1. The summed E-state index contributed by atoms with van der Waals surface area (Å²) in [6.45, 7) is 2.29. The number of aromatic nitrogens is 2. The maximum atomic E-state index is 11.9. The summed E-state index contributed by atoms with van der Waals surface area (Å²) in [6.07, 6.45) is 0. The van der Waals surface area contributed by atoms with Crippen molar-refractivity contribution in [1.29, 1.82) is 0 Å². The second kappa shape index (κ2) is 4.30. The van der Waals surface area contributed by atoms with Crippen molar-refractivity contribution >= 4 is 17.3 Å². The van der Waals surface area contributed by atoms with Gasteiger partial charge in [-0.25, -0.2) is 4.68 Å². The zero-order valence-electron chi connectivity index (χ0n) is 9.77. The molecule has 1 heterocycles. The minimum atomic E-state index is -0.162. The molecule has 90 valence electrons. The van der Waals surface area contributed by atoms with Crippen molar-refractivity contribution in [2.45, 2.75) is 13.5 Å². The van der Waals surface area contributed by atoms with Crippen molar-refractivity contribution in [2.75, 3.05) is 5.73 Å². The molecule has 5 heteroatoms. The van der Waals surface area contributed by atoms with Crippen LogP contribution in [0, 0.1) is 6.92 Å². The van der Waals surface area contributed by atoms with Crippen LogP contribution >= 0.6 is 11.6 Å². The van der Waals surface area contributed by atoms with E-state index in [9.17, 15) is 4.79 Å². The van der Waals surface area contributed by atoms with Gasteiger partial charge >= 0.3 is 0 Å². The van der Waals surface area contributed by atoms with Crippen molar-refractivity contribution in [2.24, 2.45) is 7.05 Å². The lowest BCUT2D eigenvalue weighted by Crippen LogP contribution is -2.23. The fourth-order valence-electron chi connectivity index (χ4n) is 1.77. The number of nitrogens with two attached hydrogens (primary N) is 1. The highest BCUT2D eigenvalue weighted by Crippen LogP contribution is 2.12. The minimum Gasteiger partial charge on any atom is -0.393 e. The molecule has 0 spiro atoms. The molecule has 0 aliphatic rings. The topological polar surface area (TPSA) is 53.0 Å². The van der Waals surface area contributed by atoms with Gasteiger partial charge in [-0.2, -0.15) is 0 Å². The number of benzene rings is 1. The third-order valence-electron chi connectivity index (χ3n) is 2.92. The average Bonchev–Trinajstić information content (AvgIpc) is 2.47. The van der Waals surface area contributed by atoms with E-state index < -0.39 is 0 Å². The molecule has 0 fully saturated rings. The molecule has 1 aromatic heterocycles. The zero-order valence-corrected chi connectivity index (χ0v) is 10.5. The summed E-state index contributed by atoms with van der Waals surface area (Å²) in [5.74, 6) is 0. The Morgan fingerprint density at radius 3 is 2.65 bits per heavy atom. The standard InChI is InChI=1S/C12H14ClN3O/c1-8-11(14)12(17)16(15(8)2)7-9-4-3-5-10(13)6-9/h3-6H,7,14H2,1-2H3. The number of nitrogens with zero attached hydrogens (tertiary/aromatic N) is 2. The summed E-state index contributed by atoms with van der Waals surface area (Å²) in [6, 6.07) is 7.43. The predicted molar refractivity (Wildman–Crippen MR) is 69.4 cm³/mol. The van der Waals surface area contributed by atoms with Gasteiger partial charge in [0.05, 0.1) is 12.2 Å². The first-order valence-electron chi connectivity index (χ1n) is 5.27. The SMILES string of the molecule is Cc1c(N)c(=O)n(Cc2cccc(Cl)c2)n1C. The van der Waals surface area contributed by atoms with Gasteiger partial charge < -0.3 is 5.73 Å². The van der Waals surface area contributed by atoms with Crippen molar-refractivity contribution in [3.63, 3.8) is 0 Å². The lowest BCUT2D eigenvalue weighted by atomic mass is 10.2. The van der Waals surface area contributed by atoms with E-state index >= 15 is 0 Å². The summed E-state index contributed by atoms with van der Waals surface area (Å²) in [4.78, 5) is 11.9. The highest BCUT2D eigenvalue weighted by atomic mass is 35.5. The van der Waals surface area contributed by atoms with Crippen LogP contribution in [0.5, 0.6) is 0 Å². The third kappa shape index (κ3) is 2.08. The van der Waals surface area contributed by atoms with Gasteiger partial charge in [0.2, 0.25) is 0 Å². The van der Waals surface area contributed by atoms with E-state index in [1.165, 1.54) is 0 Å². The fourth-order valence-corrected chi connectivity index (χ4v) is 1.98. The van der Waals surface area contributed by atoms with Gasteiger partial charge in [0.15, 0.2) is 0 Å². The van der Waals surface area contributed by atoms with Crippen LogP contribution in [0.2, 0.25) is 5.02 Å². The first-order valence-corrected chi connectivity index (χ1v) is 5.65. The Morgan fingerprint density at radius 1 is 1.41 bits per heavy atom. The minimum absolute atomic E-state index is 0.162. The number of hydrogen-bond acceptors (Lipinski definition) is 2. The molecular formula is C12H14ClN3O. The van der Waals surface area contributed by atoms with E-state index in [0.29, 0.717) is 17.3 Å². The van der Waals surface area contributed by atoms with Gasteiger partial charge in [-0.15, -0.1) is 0 Å². The number of anilines is 1. The molecule has 0 atom stereocenters. The van der Waals surface area contributed by atoms with Gasteiger partial charge in [-0.1, -0.05) is 23.7 Å². The highest BCUT2D eigenvalue weighted by molar-refractivity contribution is 6.30. The summed E-state index contributed by atoms with van der Waals surface area (Å²) in [5.41, 5.74) is 7.59. The molecule has 0 radical (unpaired) electrons. The molecule has 0 unspecified atom stereocenters. The fraction of sp³-hybridized carbons (Fsp3) is 0.250. The van der Waals surface area contributed by atoms with Crippen molar-refractivity contribution < 1.29 is 0 Å². The smallest absolute Gasteiger partial charge is 0.290 e. The van der Waals surface area contributed by atoms with E-state index in [1.54, 1.807) is 15.4 Å². The van der Waals surface area contributed by atoms with Crippen molar-refractivity contribution in [1.82, 2.24) is 9.36 Å². The van der Waals surface area contributed by atoms with Crippen LogP contribution in [0.3, 0.4) is 0 Å². The number of nitrogen functional groups attached to an aromatic ring is 1. The molecule has 0 bridgehead atoms. The average molecular weight is 252 g/mol. The molecule has 2 aromatic rings. The van der Waals surface area contributed by atoms with Crippen LogP contribution in [-0.4, -0.2) is 9.36 Å². The van der Waals surface area contributed by atoms with Crippen LogP contribution in [-0.2, 0) is 13.6 Å². The summed E-state index contributed by atoms with van der Waals surface area (Å²) in [7, 11) is 1.82. The van der Waals surface area contributed by atoms with Crippen LogP contribution < -0.4 is 11.3 Å². The van der Waals surface area contributed by atoms with Crippen LogP contribution in [0.25, 0.3) is 0 Å². The first kappa shape index (κ1) is 11.8. The summed E-state index contributed by atoms with van der Waals surface area (Å²) in [5, 5.41) is 0.662. The molecule has 0 amide bonds.